The topological polar surface area (TPSA) is 77.2 Å². The first-order chi connectivity index (χ1) is 17.8. The third-order valence-corrected chi connectivity index (χ3v) is 6.36. The smallest absolute Gasteiger partial charge is 0.418 e. The normalized spacial score (nSPS) is 14.1. The summed E-state index contributed by atoms with van der Waals surface area (Å²) >= 11 is 0. The Hall–Kier alpha value is -4.12. The average Bonchev–Trinajstić information content (AvgIpc) is 3.22. The molecule has 0 radical (unpaired) electrons. The van der Waals surface area contributed by atoms with E-state index in [1.165, 1.54) is 22.3 Å². The number of ether oxygens (including phenoxy) is 1. The van der Waals surface area contributed by atoms with Crippen molar-refractivity contribution in [2.24, 2.45) is 7.05 Å². The number of aryl methyl sites for hydroxylation is 1. The summed E-state index contributed by atoms with van der Waals surface area (Å²) in [5, 5.41) is 3.15. The first-order valence-corrected chi connectivity index (χ1v) is 11.7. The van der Waals surface area contributed by atoms with Gasteiger partial charge in [0.15, 0.2) is 0 Å². The number of rotatable bonds is 5. The van der Waals surface area contributed by atoms with E-state index < -0.39 is 17.4 Å². The molecule has 1 aromatic carbocycles. The molecule has 37 heavy (non-hydrogen) atoms. The minimum Gasteiger partial charge on any atom is -0.481 e. The van der Waals surface area contributed by atoms with Gasteiger partial charge in [-0.15, -0.1) is 0 Å². The molecule has 1 N–H and O–H groups in total. The van der Waals surface area contributed by atoms with Crippen LogP contribution < -0.4 is 20.6 Å². The summed E-state index contributed by atoms with van der Waals surface area (Å²) in [6, 6.07) is 11.1. The molecule has 5 rings (SSSR count). The molecule has 8 nitrogen and oxygen atoms in total. The van der Waals surface area contributed by atoms with Crippen LogP contribution in [0.4, 0.5) is 18.9 Å². The molecule has 1 aliphatic rings. The molecule has 0 amide bonds. The van der Waals surface area contributed by atoms with Crippen molar-refractivity contribution < 1.29 is 17.9 Å². The number of hydrogen-bond acceptors (Lipinski definition) is 6. The third kappa shape index (κ3) is 4.69. The van der Waals surface area contributed by atoms with Crippen LogP contribution in [0.25, 0.3) is 28.2 Å². The van der Waals surface area contributed by atoms with Crippen molar-refractivity contribution in [1.29, 1.82) is 0 Å². The minimum atomic E-state index is -4.61. The SMILES string of the molecule is COc1ccc(-c2ccncc2)c(-c2cn(C)c(=O)n2-c2ccc(N3CCNCC3)c(C(F)(F)F)c2)n1. The standard InChI is InChI=1S/C26H25F3N6O2/c1-33-16-22(24-19(4-6-23(32-24)37-2)17-7-9-30-10-8-17)35(25(33)36)18-3-5-21(20(15-18)26(27,28)29)34-13-11-31-12-14-34/h3-10,15-16,31H,11-14H2,1-2H3. The van der Waals surface area contributed by atoms with Crippen molar-refractivity contribution >= 4 is 5.69 Å². The summed E-state index contributed by atoms with van der Waals surface area (Å²) in [4.78, 5) is 23.6. The number of alkyl halides is 3. The van der Waals surface area contributed by atoms with Gasteiger partial charge in [0.2, 0.25) is 5.88 Å². The maximum Gasteiger partial charge on any atom is 0.418 e. The summed E-state index contributed by atoms with van der Waals surface area (Å²) in [5.74, 6) is 0.306. The van der Waals surface area contributed by atoms with Crippen LogP contribution in [0.3, 0.4) is 0 Å². The zero-order chi connectivity index (χ0) is 26.2. The summed E-state index contributed by atoms with van der Waals surface area (Å²) in [6.45, 7) is 2.12. The van der Waals surface area contributed by atoms with Crippen molar-refractivity contribution in [2.75, 3.05) is 38.2 Å². The zero-order valence-electron chi connectivity index (χ0n) is 20.3. The second-order valence-corrected chi connectivity index (χ2v) is 8.67. The number of hydrogen-bond donors (Lipinski definition) is 1. The van der Waals surface area contributed by atoms with Crippen molar-refractivity contribution in [3.63, 3.8) is 0 Å². The second kappa shape index (κ2) is 9.74. The molecule has 0 atom stereocenters. The minimum absolute atomic E-state index is 0.0945. The van der Waals surface area contributed by atoms with Crippen LogP contribution in [0, 0.1) is 0 Å². The number of pyridine rings is 2. The van der Waals surface area contributed by atoms with E-state index in [2.05, 4.69) is 15.3 Å². The van der Waals surface area contributed by atoms with Crippen molar-refractivity contribution in [1.82, 2.24) is 24.4 Å². The van der Waals surface area contributed by atoms with E-state index >= 15 is 0 Å². The Labute approximate surface area is 211 Å². The molecule has 1 fully saturated rings. The number of anilines is 1. The first kappa shape index (κ1) is 24.6. The Kier molecular flexibility index (Phi) is 6.46. The molecule has 0 spiro atoms. The summed E-state index contributed by atoms with van der Waals surface area (Å²) in [7, 11) is 3.02. The van der Waals surface area contributed by atoms with E-state index in [-0.39, 0.29) is 11.4 Å². The fraction of sp³-hybridized carbons (Fsp3) is 0.269. The second-order valence-electron chi connectivity index (χ2n) is 8.67. The predicted molar refractivity (Wildman–Crippen MR) is 134 cm³/mol. The Morgan fingerprint density at radius 2 is 1.76 bits per heavy atom. The van der Waals surface area contributed by atoms with Gasteiger partial charge in [-0.1, -0.05) is 0 Å². The molecule has 0 bridgehead atoms. The van der Waals surface area contributed by atoms with E-state index in [4.69, 9.17) is 4.74 Å². The molecule has 1 saturated heterocycles. The zero-order valence-corrected chi connectivity index (χ0v) is 20.3. The number of nitrogens with one attached hydrogen (secondary N) is 1. The summed E-state index contributed by atoms with van der Waals surface area (Å²) < 4.78 is 50.6. The highest BCUT2D eigenvalue weighted by Gasteiger charge is 2.36. The van der Waals surface area contributed by atoms with Gasteiger partial charge in [0.1, 0.15) is 5.69 Å². The Morgan fingerprint density at radius 3 is 2.43 bits per heavy atom. The highest BCUT2D eigenvalue weighted by molar-refractivity contribution is 5.80. The van der Waals surface area contributed by atoms with Crippen LogP contribution in [0.2, 0.25) is 0 Å². The van der Waals surface area contributed by atoms with Crippen LogP contribution in [-0.4, -0.2) is 52.4 Å². The lowest BCUT2D eigenvalue weighted by atomic mass is 10.0. The largest absolute Gasteiger partial charge is 0.481 e. The molecular weight excluding hydrogens is 485 g/mol. The van der Waals surface area contributed by atoms with Crippen LogP contribution in [0.5, 0.6) is 5.88 Å². The number of nitrogens with zero attached hydrogens (tertiary/aromatic N) is 5. The van der Waals surface area contributed by atoms with E-state index in [9.17, 15) is 18.0 Å². The van der Waals surface area contributed by atoms with Crippen molar-refractivity contribution in [3.8, 4) is 34.1 Å². The monoisotopic (exact) mass is 510 g/mol. The molecule has 4 aromatic rings. The average molecular weight is 511 g/mol. The first-order valence-electron chi connectivity index (χ1n) is 11.7. The molecule has 192 valence electrons. The van der Waals surface area contributed by atoms with Gasteiger partial charge >= 0.3 is 11.9 Å². The number of halogens is 3. The molecule has 4 heterocycles. The van der Waals surface area contributed by atoms with E-state index in [1.54, 1.807) is 60.9 Å². The quantitative estimate of drug-likeness (QED) is 0.441. The predicted octanol–water partition coefficient (Wildman–Crippen LogP) is 3.74. The molecule has 3 aromatic heterocycles. The van der Waals surface area contributed by atoms with Crippen LogP contribution >= 0.6 is 0 Å². The van der Waals surface area contributed by atoms with E-state index in [0.717, 1.165) is 11.6 Å². The van der Waals surface area contributed by atoms with Crippen LogP contribution in [0.1, 0.15) is 5.56 Å². The maximum absolute atomic E-state index is 14.2. The highest BCUT2D eigenvalue weighted by Crippen LogP contribution is 2.39. The van der Waals surface area contributed by atoms with E-state index in [0.29, 0.717) is 49.0 Å². The Balaban J connectivity index is 1.72. The molecule has 0 saturated carbocycles. The molecule has 11 heteroatoms. The number of aromatic nitrogens is 4. The van der Waals surface area contributed by atoms with Gasteiger partial charge in [-0.05, 0) is 42.0 Å². The molecular formula is C26H25F3N6O2. The van der Waals surface area contributed by atoms with Crippen molar-refractivity contribution in [2.45, 2.75) is 6.18 Å². The highest BCUT2D eigenvalue weighted by atomic mass is 19.4. The van der Waals surface area contributed by atoms with Crippen LogP contribution in [-0.2, 0) is 13.2 Å². The summed E-state index contributed by atoms with van der Waals surface area (Å²) in [6.07, 6.45) is 0.217. The number of methoxy groups -OCH3 is 1. The van der Waals surface area contributed by atoms with Crippen molar-refractivity contribution in [3.05, 3.63) is 77.1 Å². The number of imidazole rings is 1. The Morgan fingerprint density at radius 1 is 1.03 bits per heavy atom. The fourth-order valence-corrected chi connectivity index (χ4v) is 4.56. The maximum atomic E-state index is 14.2. The number of piperazine rings is 1. The molecule has 0 unspecified atom stereocenters. The fourth-order valence-electron chi connectivity index (χ4n) is 4.56. The molecule has 1 aliphatic heterocycles. The third-order valence-electron chi connectivity index (χ3n) is 6.36. The van der Waals surface area contributed by atoms with Gasteiger partial charge in [0, 0.05) is 69.1 Å². The van der Waals surface area contributed by atoms with Gasteiger partial charge in [0.05, 0.1) is 24.1 Å². The Bertz CT molecular complexity index is 1470. The summed E-state index contributed by atoms with van der Waals surface area (Å²) in [5.41, 5.74) is 1.09. The molecule has 0 aliphatic carbocycles. The lowest BCUT2D eigenvalue weighted by molar-refractivity contribution is -0.137. The van der Waals surface area contributed by atoms with Gasteiger partial charge < -0.3 is 19.5 Å². The van der Waals surface area contributed by atoms with Crippen LogP contribution in [0.15, 0.2) is 65.8 Å². The lowest BCUT2D eigenvalue weighted by Gasteiger charge is -2.31. The van der Waals surface area contributed by atoms with Gasteiger partial charge in [-0.25, -0.2) is 9.78 Å². The van der Waals surface area contributed by atoms with Gasteiger partial charge in [0.25, 0.3) is 0 Å². The van der Waals surface area contributed by atoms with E-state index in [1.807, 2.05) is 0 Å². The lowest BCUT2D eigenvalue weighted by Crippen LogP contribution is -2.44. The van der Waals surface area contributed by atoms with Gasteiger partial charge in [-0.3, -0.25) is 9.55 Å². The number of benzene rings is 1. The van der Waals surface area contributed by atoms with Gasteiger partial charge in [-0.2, -0.15) is 13.2 Å².